The molecule has 0 saturated carbocycles. The lowest BCUT2D eigenvalue weighted by Crippen LogP contribution is -2.22. The summed E-state index contributed by atoms with van der Waals surface area (Å²) in [5.74, 6) is -0.219. The second-order valence-electron chi connectivity index (χ2n) is 4.07. The van der Waals surface area contributed by atoms with E-state index in [9.17, 15) is 4.39 Å². The Hall–Kier alpha value is -1.49. The van der Waals surface area contributed by atoms with Gasteiger partial charge in [-0.3, -0.25) is 5.41 Å². The minimum Gasteiger partial charge on any atom is -0.310 e. The van der Waals surface area contributed by atoms with Crippen molar-refractivity contribution in [3.63, 3.8) is 0 Å². The van der Waals surface area contributed by atoms with E-state index < -0.39 is 6.17 Å². The van der Waals surface area contributed by atoms with Gasteiger partial charge >= 0.3 is 0 Å². The fourth-order valence-corrected chi connectivity index (χ4v) is 1.47. The van der Waals surface area contributed by atoms with Crippen molar-refractivity contribution in [2.24, 2.45) is 0 Å². The van der Waals surface area contributed by atoms with E-state index in [1.165, 1.54) is 4.57 Å². The molecule has 1 rings (SSSR count). The molecule has 1 aromatic heterocycles. The zero-order chi connectivity index (χ0) is 12.3. The Morgan fingerprint density at radius 2 is 2.19 bits per heavy atom. The van der Waals surface area contributed by atoms with Gasteiger partial charge in [-0.1, -0.05) is 0 Å². The Labute approximate surface area is 94.7 Å². The maximum absolute atomic E-state index is 13.1. The van der Waals surface area contributed by atoms with Gasteiger partial charge in [0.05, 0.1) is 0 Å². The highest BCUT2D eigenvalue weighted by Gasteiger charge is 2.13. The first-order valence-electron chi connectivity index (χ1n) is 5.01. The first kappa shape index (κ1) is 12.6. The van der Waals surface area contributed by atoms with E-state index in [2.05, 4.69) is 0 Å². The molecule has 16 heavy (non-hydrogen) atoms. The van der Waals surface area contributed by atoms with Crippen LogP contribution in [0, 0.1) is 17.7 Å². The molecular formula is C11H17FN4. The first-order valence-corrected chi connectivity index (χ1v) is 5.01. The molecule has 0 amide bonds. The molecule has 0 bridgehead atoms. The van der Waals surface area contributed by atoms with Crippen LogP contribution >= 0.6 is 0 Å². The summed E-state index contributed by atoms with van der Waals surface area (Å²) in [5, 5.41) is 14.4. The van der Waals surface area contributed by atoms with E-state index >= 15 is 0 Å². The SMILES string of the molecule is Cc1cn(C(=N)C(F)C=N)cc1CN(C)C. The Bertz CT molecular complexity index is 395. The molecule has 0 aliphatic heterocycles. The third-order valence-corrected chi connectivity index (χ3v) is 2.31. The molecule has 88 valence electrons. The van der Waals surface area contributed by atoms with Crippen LogP contribution in [0.15, 0.2) is 12.4 Å². The Morgan fingerprint density at radius 3 is 2.69 bits per heavy atom. The molecule has 0 aromatic carbocycles. The molecule has 0 saturated heterocycles. The number of hydrogen-bond donors (Lipinski definition) is 2. The van der Waals surface area contributed by atoms with E-state index in [0.29, 0.717) is 6.21 Å². The maximum atomic E-state index is 13.1. The monoisotopic (exact) mass is 224 g/mol. The number of rotatable bonds is 4. The molecule has 1 unspecified atom stereocenters. The Balaban J connectivity index is 2.92. The van der Waals surface area contributed by atoms with Crippen molar-refractivity contribution in [1.29, 1.82) is 10.8 Å². The molecule has 0 aliphatic rings. The molecule has 1 atom stereocenters. The van der Waals surface area contributed by atoms with Crippen molar-refractivity contribution in [3.8, 4) is 0 Å². The van der Waals surface area contributed by atoms with Crippen LogP contribution in [0.5, 0.6) is 0 Å². The van der Waals surface area contributed by atoms with E-state index in [1.807, 2.05) is 25.9 Å². The van der Waals surface area contributed by atoms with Crippen molar-refractivity contribution in [2.45, 2.75) is 19.6 Å². The third-order valence-electron chi connectivity index (χ3n) is 2.31. The minimum atomic E-state index is -1.64. The molecule has 5 heteroatoms. The molecule has 0 radical (unpaired) electrons. The minimum absolute atomic E-state index is 0.219. The quantitative estimate of drug-likeness (QED) is 0.593. The van der Waals surface area contributed by atoms with Gasteiger partial charge in [-0.2, -0.15) is 0 Å². The summed E-state index contributed by atoms with van der Waals surface area (Å²) >= 11 is 0. The van der Waals surface area contributed by atoms with E-state index in [4.69, 9.17) is 10.8 Å². The predicted octanol–water partition coefficient (Wildman–Crippen LogP) is 1.67. The van der Waals surface area contributed by atoms with Gasteiger partial charge in [0.1, 0.15) is 5.84 Å². The van der Waals surface area contributed by atoms with Gasteiger partial charge in [-0.05, 0) is 32.1 Å². The largest absolute Gasteiger partial charge is 0.310 e. The molecule has 2 N–H and O–H groups in total. The molecule has 0 fully saturated rings. The summed E-state index contributed by atoms with van der Waals surface area (Å²) in [6.45, 7) is 2.69. The lowest BCUT2D eigenvalue weighted by atomic mass is 10.2. The van der Waals surface area contributed by atoms with Gasteiger partial charge in [-0.25, -0.2) is 4.39 Å². The van der Waals surface area contributed by atoms with Gasteiger partial charge in [0.15, 0.2) is 6.17 Å². The zero-order valence-electron chi connectivity index (χ0n) is 9.79. The summed E-state index contributed by atoms with van der Waals surface area (Å²) in [4.78, 5) is 2.01. The van der Waals surface area contributed by atoms with Crippen molar-refractivity contribution in [1.82, 2.24) is 9.47 Å². The summed E-state index contributed by atoms with van der Waals surface area (Å²) in [6.07, 6.45) is 2.45. The van der Waals surface area contributed by atoms with Crippen molar-refractivity contribution < 1.29 is 4.39 Å². The highest BCUT2D eigenvalue weighted by atomic mass is 19.1. The van der Waals surface area contributed by atoms with Crippen LogP contribution in [0.1, 0.15) is 11.1 Å². The lowest BCUT2D eigenvalue weighted by molar-refractivity contribution is 0.401. The number of nitrogens with one attached hydrogen (secondary N) is 2. The molecule has 1 aromatic rings. The maximum Gasteiger partial charge on any atom is 0.192 e. The van der Waals surface area contributed by atoms with Crippen LogP contribution in [0.25, 0.3) is 0 Å². The average molecular weight is 224 g/mol. The van der Waals surface area contributed by atoms with Crippen molar-refractivity contribution >= 4 is 12.1 Å². The lowest BCUT2D eigenvalue weighted by Gasteiger charge is -2.08. The topological polar surface area (TPSA) is 55.9 Å². The second kappa shape index (κ2) is 5.03. The third kappa shape index (κ3) is 2.76. The van der Waals surface area contributed by atoms with Gasteiger partial charge in [-0.15, -0.1) is 0 Å². The smallest absolute Gasteiger partial charge is 0.192 e. The van der Waals surface area contributed by atoms with Gasteiger partial charge < -0.3 is 14.9 Å². The number of alkyl halides is 1. The number of halogens is 1. The Kier molecular flexibility index (Phi) is 3.95. The van der Waals surface area contributed by atoms with Crippen LogP contribution in [0.2, 0.25) is 0 Å². The highest BCUT2D eigenvalue weighted by molar-refractivity contribution is 5.98. The normalized spacial score (nSPS) is 12.8. The van der Waals surface area contributed by atoms with Crippen LogP contribution < -0.4 is 0 Å². The van der Waals surface area contributed by atoms with E-state index in [0.717, 1.165) is 17.7 Å². The van der Waals surface area contributed by atoms with Crippen molar-refractivity contribution in [3.05, 3.63) is 23.5 Å². The number of aromatic nitrogens is 1. The number of hydrogen-bond acceptors (Lipinski definition) is 3. The molecular weight excluding hydrogens is 207 g/mol. The summed E-state index contributed by atoms with van der Waals surface area (Å²) in [7, 11) is 3.91. The van der Waals surface area contributed by atoms with Crippen LogP contribution in [-0.2, 0) is 6.54 Å². The molecule has 0 spiro atoms. The molecule has 1 heterocycles. The van der Waals surface area contributed by atoms with Crippen LogP contribution in [-0.4, -0.2) is 41.8 Å². The molecule has 4 nitrogen and oxygen atoms in total. The second-order valence-corrected chi connectivity index (χ2v) is 4.07. The van der Waals surface area contributed by atoms with Gasteiger partial charge in [0.2, 0.25) is 0 Å². The van der Waals surface area contributed by atoms with Crippen LogP contribution in [0.3, 0.4) is 0 Å². The van der Waals surface area contributed by atoms with Gasteiger partial charge in [0.25, 0.3) is 0 Å². The fraction of sp³-hybridized carbons (Fsp3) is 0.455. The molecule has 0 aliphatic carbocycles. The van der Waals surface area contributed by atoms with E-state index in [-0.39, 0.29) is 5.84 Å². The van der Waals surface area contributed by atoms with Crippen LogP contribution in [0.4, 0.5) is 4.39 Å². The fourth-order valence-electron chi connectivity index (χ4n) is 1.47. The van der Waals surface area contributed by atoms with E-state index in [1.54, 1.807) is 12.4 Å². The Morgan fingerprint density at radius 1 is 1.56 bits per heavy atom. The summed E-state index contributed by atoms with van der Waals surface area (Å²) in [6, 6.07) is 0. The van der Waals surface area contributed by atoms with Gasteiger partial charge in [0, 0.05) is 25.2 Å². The standard InChI is InChI=1S/C11H17FN4/c1-8-5-16(11(14)10(12)4-13)7-9(8)6-15(2)3/h4-5,7,10,13-14H,6H2,1-3H3. The summed E-state index contributed by atoms with van der Waals surface area (Å²) < 4.78 is 14.6. The zero-order valence-corrected chi connectivity index (χ0v) is 9.79. The number of aryl methyl sites for hydroxylation is 1. The first-order chi connectivity index (χ1) is 7.45. The predicted molar refractivity (Wildman–Crippen MR) is 63.4 cm³/mol. The highest BCUT2D eigenvalue weighted by Crippen LogP contribution is 2.12. The van der Waals surface area contributed by atoms with Crippen molar-refractivity contribution in [2.75, 3.05) is 14.1 Å². The number of nitrogens with zero attached hydrogens (tertiary/aromatic N) is 2. The summed E-state index contributed by atoms with van der Waals surface area (Å²) in [5.41, 5.74) is 2.09. The average Bonchev–Trinajstić information content (AvgIpc) is 2.57.